The molecule has 4 aliphatic carbocycles. The summed E-state index contributed by atoms with van der Waals surface area (Å²) >= 11 is 6.00. The number of amides is 10. The lowest BCUT2D eigenvalue weighted by Gasteiger charge is -2.32. The van der Waals surface area contributed by atoms with Gasteiger partial charge in [-0.1, -0.05) is 42.5 Å². The number of fused-ring (bicyclic) bond motifs is 2. The van der Waals surface area contributed by atoms with E-state index in [0.717, 1.165) is 14.7 Å². The highest BCUT2D eigenvalue weighted by atomic mass is 35.5. The molecule has 1 aromatic heterocycles. The van der Waals surface area contributed by atoms with Crippen molar-refractivity contribution in [2.24, 2.45) is 17.8 Å². The van der Waals surface area contributed by atoms with Crippen molar-refractivity contribution in [2.75, 3.05) is 52.6 Å². The fourth-order valence-corrected chi connectivity index (χ4v) is 17.2. The number of hydrogen-bond donors (Lipinski definition) is 6. The number of carbonyl (C=O) groups excluding carboxylic acids is 10. The SMILES string of the molecule is C=CC1CC1(NC(=O)C1CC(OC(=O)N2Cc3cccc(F)c3C2)CN1C(=O)C(C)Nc1ccnc(Cl)n1)C(=O)NS(=O)(=O)C1CC1CC(C)(C)OC(=O)NC(CN(C)C(=O)C=CCN(C)C)C(=O)N1CC(OC(=O)N2Cc3cccc(F)c3C2)CC1C(=O)NC1(C(=O)NS(=O)(=O)C2CC2)CC1C=C. The van der Waals surface area contributed by atoms with Crippen molar-refractivity contribution in [1.82, 2.24) is 64.8 Å². The minimum Gasteiger partial charge on any atom is -0.444 e. The molecule has 10 amide bonds. The van der Waals surface area contributed by atoms with E-state index >= 15 is 4.79 Å². The van der Waals surface area contributed by atoms with Crippen molar-refractivity contribution >= 4 is 97.1 Å². The zero-order valence-corrected chi connectivity index (χ0v) is 60.4. The number of nitrogens with zero attached hydrogens (tertiary/aromatic N) is 8. The van der Waals surface area contributed by atoms with E-state index in [0.29, 0.717) is 36.1 Å². The largest absolute Gasteiger partial charge is 0.444 e. The first-order valence-electron chi connectivity index (χ1n) is 33.9. The van der Waals surface area contributed by atoms with E-state index in [2.05, 4.69) is 53.8 Å². The highest BCUT2D eigenvalue weighted by Gasteiger charge is 2.64. The Morgan fingerprint density at radius 1 is 0.740 bits per heavy atom. The molecular formula is C68H83ClF2N14O17S2. The maximum atomic E-state index is 15.3. The summed E-state index contributed by atoms with van der Waals surface area (Å²) in [5.41, 5.74) is -3.58. The number of alkyl carbamates (subject to hydrolysis) is 1. The van der Waals surface area contributed by atoms with Gasteiger partial charge < -0.3 is 55.1 Å². The second-order valence-corrected chi connectivity index (χ2v) is 32.9. The Morgan fingerprint density at radius 3 is 1.74 bits per heavy atom. The number of aromatic nitrogens is 2. The molecule has 5 heterocycles. The molecule has 31 nitrogen and oxygen atoms in total. The first-order valence-corrected chi connectivity index (χ1v) is 37.4. The average Bonchev–Trinajstić information content (AvgIpc) is 1.58. The Balaban J connectivity index is 0.762. The summed E-state index contributed by atoms with van der Waals surface area (Å²) < 4.78 is 106. The predicted octanol–water partition coefficient (Wildman–Crippen LogP) is 2.86. The number of likely N-dealkylation sites (tertiary alicyclic amines) is 2. The zero-order valence-electron chi connectivity index (χ0n) is 58.0. The average molecular weight is 1510 g/mol. The molecule has 0 spiro atoms. The van der Waals surface area contributed by atoms with Crippen molar-refractivity contribution in [3.05, 3.63) is 125 Å². The number of nitrogens with one attached hydrogen (secondary N) is 6. The van der Waals surface area contributed by atoms with Crippen LogP contribution in [0.2, 0.25) is 5.28 Å². The van der Waals surface area contributed by atoms with Crippen LogP contribution in [-0.4, -0.2) is 227 Å². The standard InChI is InChI=1S/C68H83ClF2N14O17S2/c1-9-41-28-67(41,60(91)78-103(96,97)45-19-20-45)77-57(88)52-26-44(101-65(95)83-31-39-15-12-17-49(71)47(39)35-83)33-85(52)59(90)50(36-81(8)55(86)18-13-23-80(6)7)74-63(93)102-66(4,5)27-40-24-53(40)104(98,99)79-61(92)68(29-42(68)10-2)76-56(87)51-25-43(100-64(94)82-30-38-14-11-16-48(70)46(38)34-82)32-84(51)58(89)37(3)73-54-21-22-72-62(69)75-54/h9-18,21-22,37,40-45,50-53H,1-2,19-20,23-36H2,3-8H3,(H,74,93)(H,76,87)(H,77,88)(H,78,91)(H,79,92)(H,72,73,75). The number of carbonyl (C=O) groups is 10. The summed E-state index contributed by atoms with van der Waals surface area (Å²) in [6.07, 6.45) is 1.12. The Labute approximate surface area is 604 Å². The molecule has 3 aromatic rings. The van der Waals surface area contributed by atoms with Crippen LogP contribution in [0, 0.1) is 29.4 Å². The maximum absolute atomic E-state index is 15.3. The second-order valence-electron chi connectivity index (χ2n) is 28.7. The molecule has 36 heteroatoms. The number of hydrogen-bond acceptors (Lipinski definition) is 21. The Morgan fingerprint density at radius 2 is 1.26 bits per heavy atom. The van der Waals surface area contributed by atoms with E-state index in [1.165, 1.54) is 92.4 Å². The molecule has 6 N–H and O–H groups in total. The lowest BCUT2D eigenvalue weighted by atomic mass is 10.0. The molecule has 11 rings (SSSR count). The van der Waals surface area contributed by atoms with Gasteiger partial charge >= 0.3 is 18.3 Å². The zero-order chi connectivity index (χ0) is 75.3. The summed E-state index contributed by atoms with van der Waals surface area (Å²) in [5, 5.41) is 8.59. The highest BCUT2D eigenvalue weighted by Crippen LogP contribution is 2.48. The van der Waals surface area contributed by atoms with Crippen LogP contribution in [0.5, 0.6) is 0 Å². The number of halogens is 3. The summed E-state index contributed by atoms with van der Waals surface area (Å²) in [5.74, 6) is -9.51. The van der Waals surface area contributed by atoms with Gasteiger partial charge in [-0.05, 0) is 120 Å². The molecule has 0 radical (unpaired) electrons. The second kappa shape index (κ2) is 29.7. The van der Waals surface area contributed by atoms with Gasteiger partial charge in [0.2, 0.25) is 54.9 Å². The summed E-state index contributed by atoms with van der Waals surface area (Å²) in [7, 11) is -3.84. The third-order valence-corrected chi connectivity index (χ3v) is 23.9. The van der Waals surface area contributed by atoms with Crippen LogP contribution in [0.3, 0.4) is 0 Å². The van der Waals surface area contributed by atoms with E-state index in [1.54, 1.807) is 37.2 Å². The van der Waals surface area contributed by atoms with Crippen LogP contribution in [0.4, 0.5) is 29.0 Å². The van der Waals surface area contributed by atoms with Gasteiger partial charge in [0, 0.05) is 74.8 Å². The van der Waals surface area contributed by atoms with E-state index in [9.17, 15) is 68.8 Å². The van der Waals surface area contributed by atoms with Gasteiger partial charge in [0.15, 0.2) is 0 Å². The van der Waals surface area contributed by atoms with Crippen molar-refractivity contribution in [1.29, 1.82) is 0 Å². The van der Waals surface area contributed by atoms with Crippen LogP contribution >= 0.6 is 11.6 Å². The van der Waals surface area contributed by atoms with Crippen molar-refractivity contribution in [3.8, 4) is 0 Å². The fourth-order valence-electron chi connectivity index (χ4n) is 14.0. The van der Waals surface area contributed by atoms with Crippen LogP contribution in [0.1, 0.15) is 94.4 Å². The van der Waals surface area contributed by atoms with Gasteiger partial charge in [-0.3, -0.25) is 52.8 Å². The number of anilines is 1. The topological polar surface area (TPSA) is 384 Å². The molecular weight excluding hydrogens is 1420 g/mol. The fraction of sp³-hybridized carbons (Fsp3) is 0.529. The van der Waals surface area contributed by atoms with Crippen molar-refractivity contribution in [3.63, 3.8) is 0 Å². The first kappa shape index (κ1) is 75.8. The molecule has 0 bridgehead atoms. The van der Waals surface area contributed by atoms with Gasteiger partial charge in [0.25, 0.3) is 11.8 Å². The minimum atomic E-state index is -4.58. The molecule has 8 aliphatic rings. The van der Waals surface area contributed by atoms with Gasteiger partial charge in [-0.25, -0.2) is 50.0 Å². The third kappa shape index (κ3) is 16.7. The normalized spacial score (nSPS) is 25.7. The molecule has 104 heavy (non-hydrogen) atoms. The molecule has 2 saturated heterocycles. The van der Waals surface area contributed by atoms with Gasteiger partial charge in [-0.2, -0.15) is 0 Å². The smallest absolute Gasteiger partial charge is 0.410 e. The number of benzene rings is 2. The van der Waals surface area contributed by atoms with Gasteiger partial charge in [0.05, 0.1) is 43.2 Å². The van der Waals surface area contributed by atoms with Gasteiger partial charge in [0.1, 0.15) is 70.5 Å². The predicted molar refractivity (Wildman–Crippen MR) is 367 cm³/mol. The number of likely N-dealkylation sites (N-methyl/N-ethyl adjacent to an activating group) is 2. The summed E-state index contributed by atoms with van der Waals surface area (Å²) in [4.78, 5) is 158. The van der Waals surface area contributed by atoms with Crippen LogP contribution in [0.25, 0.3) is 0 Å². The van der Waals surface area contributed by atoms with Crippen LogP contribution in [-0.2, 0) is 94.0 Å². The molecule has 4 aliphatic heterocycles. The first-order chi connectivity index (χ1) is 49.0. The van der Waals surface area contributed by atoms with E-state index in [1.807, 2.05) is 0 Å². The molecule has 12 unspecified atom stereocenters. The number of rotatable bonds is 27. The van der Waals surface area contributed by atoms with E-state index in [4.69, 9.17) is 25.8 Å². The van der Waals surface area contributed by atoms with Crippen molar-refractivity contribution < 1.29 is 87.8 Å². The molecule has 6 fully saturated rings. The Hall–Kier alpha value is -9.35. The monoisotopic (exact) mass is 1500 g/mol. The number of ether oxygens (including phenoxy) is 3. The lowest BCUT2D eigenvalue weighted by molar-refractivity contribution is -0.142. The molecule has 560 valence electrons. The highest BCUT2D eigenvalue weighted by molar-refractivity contribution is 7.91. The number of sulfonamides is 2. The maximum Gasteiger partial charge on any atom is 0.410 e. The van der Waals surface area contributed by atoms with E-state index < -0.39 is 192 Å². The molecule has 4 saturated carbocycles. The van der Waals surface area contributed by atoms with Crippen LogP contribution < -0.4 is 30.7 Å². The minimum absolute atomic E-state index is 0.0283. The lowest BCUT2D eigenvalue weighted by Crippen LogP contribution is -2.60. The summed E-state index contributed by atoms with van der Waals surface area (Å²) in [6.45, 7) is 10.7. The van der Waals surface area contributed by atoms with Gasteiger partial charge in [-0.15, -0.1) is 13.2 Å². The summed E-state index contributed by atoms with van der Waals surface area (Å²) in [6, 6.07) is 4.48. The third-order valence-electron chi connectivity index (χ3n) is 20.0. The van der Waals surface area contributed by atoms with Crippen LogP contribution in [0.15, 0.2) is 86.1 Å². The van der Waals surface area contributed by atoms with E-state index in [-0.39, 0.29) is 81.5 Å². The Bertz CT molecular complexity index is 4280. The van der Waals surface area contributed by atoms with Crippen molar-refractivity contribution in [2.45, 2.75) is 162 Å². The Kier molecular flexibility index (Phi) is 21.6. The molecule has 2 aromatic carbocycles. The quantitative estimate of drug-likeness (QED) is 0.0276. The molecule has 12 atom stereocenters.